The van der Waals surface area contributed by atoms with E-state index in [-0.39, 0.29) is 0 Å². The molecule has 0 N–H and O–H groups in total. The quantitative estimate of drug-likeness (QED) is 0.595. The molecule has 0 aliphatic heterocycles. The Morgan fingerprint density at radius 1 is 1.25 bits per heavy atom. The highest BCUT2D eigenvalue weighted by Crippen LogP contribution is 2.12. The molecule has 0 amide bonds. The Bertz CT molecular complexity index is 271. The monoisotopic (exact) mass is 160 g/mol. The van der Waals surface area contributed by atoms with E-state index in [1.807, 2.05) is 0 Å². The minimum Gasteiger partial charge on any atom is -0.0998 e. The maximum absolute atomic E-state index is 3.93. The molecule has 0 spiro atoms. The van der Waals surface area contributed by atoms with E-state index in [4.69, 9.17) is 0 Å². The molecule has 0 saturated heterocycles. The van der Waals surface area contributed by atoms with Crippen LogP contribution in [0.15, 0.2) is 36.4 Å². The summed E-state index contributed by atoms with van der Waals surface area (Å²) >= 11 is 0. The first-order chi connectivity index (χ1) is 5.74. The average Bonchev–Trinajstić information content (AvgIpc) is 2.04. The zero-order valence-corrected chi connectivity index (χ0v) is 7.93. The Hall–Kier alpha value is -1.04. The highest BCUT2D eigenvalue weighted by Gasteiger charge is 1.98. The van der Waals surface area contributed by atoms with Crippen LogP contribution < -0.4 is 0 Å². The first-order valence-electron chi connectivity index (χ1n) is 4.45. The molecule has 0 fully saturated rings. The number of allylic oxidation sites excluding steroid dienone is 1. The fourth-order valence-electron chi connectivity index (χ4n) is 1.40. The van der Waals surface area contributed by atoms with Crippen molar-refractivity contribution < 1.29 is 0 Å². The van der Waals surface area contributed by atoms with Crippen LogP contribution in [0.2, 0.25) is 0 Å². The number of hydrogen-bond acceptors (Lipinski definition) is 0. The third-order valence-corrected chi connectivity index (χ3v) is 1.99. The summed E-state index contributed by atoms with van der Waals surface area (Å²) in [4.78, 5) is 0. The van der Waals surface area contributed by atoms with Gasteiger partial charge in [0.25, 0.3) is 0 Å². The third kappa shape index (κ3) is 2.23. The predicted molar refractivity (Wildman–Crippen MR) is 54.3 cm³/mol. The molecule has 1 aromatic carbocycles. The van der Waals surface area contributed by atoms with E-state index in [1.54, 1.807) is 0 Å². The molecule has 12 heavy (non-hydrogen) atoms. The zero-order valence-electron chi connectivity index (χ0n) is 7.93. The summed E-state index contributed by atoms with van der Waals surface area (Å²) < 4.78 is 0. The van der Waals surface area contributed by atoms with Crippen LogP contribution >= 0.6 is 0 Å². The molecule has 0 unspecified atom stereocenters. The van der Waals surface area contributed by atoms with Crippen LogP contribution in [0, 0.1) is 0 Å². The molecule has 0 aromatic heterocycles. The SMILES string of the molecule is C=C(C)Cc1ccccc1CC. The normalized spacial score (nSPS) is 9.83. The lowest BCUT2D eigenvalue weighted by Gasteiger charge is -2.06. The van der Waals surface area contributed by atoms with Crippen molar-refractivity contribution in [2.45, 2.75) is 26.7 Å². The molecule has 0 aliphatic carbocycles. The number of aryl methyl sites for hydroxylation is 1. The van der Waals surface area contributed by atoms with Crippen molar-refractivity contribution in [2.24, 2.45) is 0 Å². The fourth-order valence-corrected chi connectivity index (χ4v) is 1.40. The highest BCUT2D eigenvalue weighted by atomic mass is 14.0. The lowest BCUT2D eigenvalue weighted by atomic mass is 10.00. The van der Waals surface area contributed by atoms with Crippen molar-refractivity contribution in [3.8, 4) is 0 Å². The fraction of sp³-hybridized carbons (Fsp3) is 0.333. The Labute approximate surface area is 74.9 Å². The molecule has 64 valence electrons. The number of rotatable bonds is 3. The van der Waals surface area contributed by atoms with Crippen LogP contribution in [0.4, 0.5) is 0 Å². The summed E-state index contributed by atoms with van der Waals surface area (Å²) in [6.45, 7) is 8.19. The minimum absolute atomic E-state index is 1.02. The van der Waals surface area contributed by atoms with Gasteiger partial charge in [0.15, 0.2) is 0 Å². The van der Waals surface area contributed by atoms with Gasteiger partial charge in [-0.05, 0) is 30.9 Å². The van der Waals surface area contributed by atoms with E-state index >= 15 is 0 Å². The van der Waals surface area contributed by atoms with Gasteiger partial charge in [-0.2, -0.15) is 0 Å². The predicted octanol–water partition coefficient (Wildman–Crippen LogP) is 3.37. The second-order valence-electron chi connectivity index (χ2n) is 3.26. The molecule has 0 nitrogen and oxygen atoms in total. The molecule has 1 aromatic rings. The van der Waals surface area contributed by atoms with Gasteiger partial charge in [-0.1, -0.05) is 43.3 Å². The van der Waals surface area contributed by atoms with Crippen LogP contribution in [0.1, 0.15) is 25.0 Å². The lowest BCUT2D eigenvalue weighted by Crippen LogP contribution is -1.92. The third-order valence-electron chi connectivity index (χ3n) is 1.99. The Morgan fingerprint density at radius 3 is 2.33 bits per heavy atom. The maximum Gasteiger partial charge on any atom is -0.00698 e. The van der Waals surface area contributed by atoms with Crippen LogP contribution in [-0.4, -0.2) is 0 Å². The summed E-state index contributed by atoms with van der Waals surface area (Å²) in [5.41, 5.74) is 4.10. The Balaban J connectivity index is 2.89. The van der Waals surface area contributed by atoms with Gasteiger partial charge in [0, 0.05) is 0 Å². The second kappa shape index (κ2) is 4.10. The van der Waals surface area contributed by atoms with Crippen molar-refractivity contribution in [3.05, 3.63) is 47.5 Å². The lowest BCUT2D eigenvalue weighted by molar-refractivity contribution is 1.05. The van der Waals surface area contributed by atoms with Gasteiger partial charge >= 0.3 is 0 Å². The molecule has 0 saturated carbocycles. The van der Waals surface area contributed by atoms with Crippen LogP contribution in [0.25, 0.3) is 0 Å². The first-order valence-corrected chi connectivity index (χ1v) is 4.45. The van der Waals surface area contributed by atoms with E-state index in [2.05, 4.69) is 44.7 Å². The molecular formula is C12H16. The summed E-state index contributed by atoms with van der Waals surface area (Å²) in [6.07, 6.45) is 2.13. The summed E-state index contributed by atoms with van der Waals surface area (Å²) in [6, 6.07) is 8.57. The van der Waals surface area contributed by atoms with Crippen LogP contribution in [0.5, 0.6) is 0 Å². The Morgan fingerprint density at radius 2 is 1.83 bits per heavy atom. The summed E-state index contributed by atoms with van der Waals surface area (Å²) in [7, 11) is 0. The summed E-state index contributed by atoms with van der Waals surface area (Å²) in [5, 5.41) is 0. The molecular weight excluding hydrogens is 144 g/mol. The zero-order chi connectivity index (χ0) is 8.97. The molecule has 0 radical (unpaired) electrons. The van der Waals surface area contributed by atoms with E-state index in [9.17, 15) is 0 Å². The van der Waals surface area contributed by atoms with Gasteiger partial charge in [0.2, 0.25) is 0 Å². The van der Waals surface area contributed by atoms with E-state index in [0.717, 1.165) is 12.8 Å². The van der Waals surface area contributed by atoms with Crippen molar-refractivity contribution in [1.82, 2.24) is 0 Å². The maximum atomic E-state index is 3.93. The van der Waals surface area contributed by atoms with Crippen molar-refractivity contribution in [3.63, 3.8) is 0 Å². The largest absolute Gasteiger partial charge is 0.0998 e. The van der Waals surface area contributed by atoms with Gasteiger partial charge in [-0.3, -0.25) is 0 Å². The van der Waals surface area contributed by atoms with Crippen molar-refractivity contribution in [2.75, 3.05) is 0 Å². The molecule has 1 rings (SSSR count). The van der Waals surface area contributed by atoms with Crippen LogP contribution in [-0.2, 0) is 12.8 Å². The van der Waals surface area contributed by atoms with Gasteiger partial charge in [0.1, 0.15) is 0 Å². The second-order valence-corrected chi connectivity index (χ2v) is 3.26. The molecule has 0 heterocycles. The van der Waals surface area contributed by atoms with Crippen LogP contribution in [0.3, 0.4) is 0 Å². The van der Waals surface area contributed by atoms with E-state index in [1.165, 1.54) is 16.7 Å². The van der Waals surface area contributed by atoms with E-state index in [0.29, 0.717) is 0 Å². The Kier molecular flexibility index (Phi) is 3.09. The standard InChI is InChI=1S/C12H16/c1-4-11-7-5-6-8-12(11)9-10(2)3/h5-8H,2,4,9H2,1,3H3. The number of benzene rings is 1. The van der Waals surface area contributed by atoms with Gasteiger partial charge in [0.05, 0.1) is 0 Å². The molecule has 0 bridgehead atoms. The van der Waals surface area contributed by atoms with Gasteiger partial charge in [-0.15, -0.1) is 0 Å². The molecule has 0 aliphatic rings. The topological polar surface area (TPSA) is 0 Å². The highest BCUT2D eigenvalue weighted by molar-refractivity contribution is 5.29. The minimum atomic E-state index is 1.02. The van der Waals surface area contributed by atoms with Crippen molar-refractivity contribution in [1.29, 1.82) is 0 Å². The molecule has 0 atom stereocenters. The average molecular weight is 160 g/mol. The van der Waals surface area contributed by atoms with Gasteiger partial charge in [-0.25, -0.2) is 0 Å². The smallest absolute Gasteiger partial charge is 0.00698 e. The number of hydrogen-bond donors (Lipinski definition) is 0. The van der Waals surface area contributed by atoms with E-state index < -0.39 is 0 Å². The van der Waals surface area contributed by atoms with Crippen molar-refractivity contribution >= 4 is 0 Å². The van der Waals surface area contributed by atoms with Gasteiger partial charge < -0.3 is 0 Å². The summed E-state index contributed by atoms with van der Waals surface area (Å²) in [5.74, 6) is 0. The first kappa shape index (κ1) is 9.05. The molecule has 0 heteroatoms.